The lowest BCUT2D eigenvalue weighted by Crippen LogP contribution is -2.28. The Labute approximate surface area is 145 Å². The lowest BCUT2D eigenvalue weighted by atomic mass is 10.1. The topological polar surface area (TPSA) is 59.0 Å². The van der Waals surface area contributed by atoms with Crippen molar-refractivity contribution in [1.29, 1.82) is 0 Å². The molecule has 0 aliphatic carbocycles. The van der Waals surface area contributed by atoms with Gasteiger partial charge in [-0.25, -0.2) is 0 Å². The Balaban J connectivity index is 1.95. The molecule has 0 bridgehead atoms. The molecule has 6 heteroatoms. The van der Waals surface area contributed by atoms with E-state index in [0.717, 1.165) is 11.1 Å². The van der Waals surface area contributed by atoms with Crippen LogP contribution in [0, 0.1) is 0 Å². The zero-order valence-corrected chi connectivity index (χ0v) is 14.4. The standard InChI is InChI=1S/C18H19NO4S/c1-22-14-4-3-5-15(23-2)17(14)18-19(16(21)11-24-18)10-12-6-8-13(20)9-7-12/h3-9,18,20H,10-11H2,1-2H3. The number of phenolic OH excluding ortho intramolecular Hbond substituents is 1. The second kappa shape index (κ2) is 7.05. The molecule has 0 saturated carbocycles. The molecule has 3 rings (SSSR count). The summed E-state index contributed by atoms with van der Waals surface area (Å²) in [7, 11) is 3.23. The van der Waals surface area contributed by atoms with Crippen LogP contribution in [0.2, 0.25) is 0 Å². The number of hydrogen-bond acceptors (Lipinski definition) is 5. The van der Waals surface area contributed by atoms with Crippen LogP contribution in [0.15, 0.2) is 42.5 Å². The summed E-state index contributed by atoms with van der Waals surface area (Å²) < 4.78 is 11.0. The molecule has 0 radical (unpaired) electrons. The molecule has 0 aromatic heterocycles. The maximum absolute atomic E-state index is 12.4. The Bertz CT molecular complexity index is 710. The third-order valence-corrected chi connectivity index (χ3v) is 5.19. The molecule has 1 heterocycles. The molecule has 5 nitrogen and oxygen atoms in total. The summed E-state index contributed by atoms with van der Waals surface area (Å²) in [6.45, 7) is 0.470. The SMILES string of the molecule is COc1cccc(OC)c1C1SCC(=O)N1Cc1ccc(O)cc1. The predicted octanol–water partition coefficient (Wildman–Crippen LogP) is 3.18. The first kappa shape index (κ1) is 16.5. The molecule has 1 atom stereocenters. The van der Waals surface area contributed by atoms with E-state index < -0.39 is 0 Å². The number of amides is 1. The number of thioether (sulfide) groups is 1. The average molecular weight is 345 g/mol. The fourth-order valence-electron chi connectivity index (χ4n) is 2.79. The largest absolute Gasteiger partial charge is 0.508 e. The molecule has 2 aromatic carbocycles. The molecule has 1 aliphatic heterocycles. The Kier molecular flexibility index (Phi) is 4.85. The number of nitrogens with zero attached hydrogens (tertiary/aromatic N) is 1. The number of rotatable bonds is 5. The number of ether oxygens (including phenoxy) is 2. The van der Waals surface area contributed by atoms with Gasteiger partial charge in [-0.15, -0.1) is 11.8 Å². The van der Waals surface area contributed by atoms with Crippen LogP contribution in [-0.2, 0) is 11.3 Å². The summed E-state index contributed by atoms with van der Waals surface area (Å²) in [5.41, 5.74) is 1.83. The van der Waals surface area contributed by atoms with Crippen LogP contribution in [-0.4, -0.2) is 35.9 Å². The Morgan fingerprint density at radius 1 is 1.12 bits per heavy atom. The molecule has 1 saturated heterocycles. The minimum atomic E-state index is -0.169. The molecule has 0 spiro atoms. The highest BCUT2D eigenvalue weighted by atomic mass is 32.2. The molecule has 1 fully saturated rings. The Morgan fingerprint density at radius 2 is 1.75 bits per heavy atom. The Morgan fingerprint density at radius 3 is 2.33 bits per heavy atom. The van der Waals surface area contributed by atoms with E-state index in [-0.39, 0.29) is 17.0 Å². The van der Waals surface area contributed by atoms with Crippen molar-refractivity contribution >= 4 is 17.7 Å². The predicted molar refractivity (Wildman–Crippen MR) is 93.4 cm³/mol. The number of aromatic hydroxyl groups is 1. The number of carbonyl (C=O) groups is 1. The van der Waals surface area contributed by atoms with Gasteiger partial charge in [0.2, 0.25) is 5.91 Å². The summed E-state index contributed by atoms with van der Waals surface area (Å²) in [4.78, 5) is 14.2. The van der Waals surface area contributed by atoms with E-state index in [1.54, 1.807) is 38.1 Å². The first-order valence-electron chi connectivity index (χ1n) is 7.54. The smallest absolute Gasteiger partial charge is 0.234 e. The van der Waals surface area contributed by atoms with Crippen molar-refractivity contribution in [3.05, 3.63) is 53.6 Å². The molecule has 1 unspecified atom stereocenters. The number of methoxy groups -OCH3 is 2. The van der Waals surface area contributed by atoms with Crippen molar-refractivity contribution in [1.82, 2.24) is 4.90 Å². The van der Waals surface area contributed by atoms with E-state index in [2.05, 4.69) is 0 Å². The highest BCUT2D eigenvalue weighted by molar-refractivity contribution is 8.00. The van der Waals surface area contributed by atoms with Crippen molar-refractivity contribution in [2.75, 3.05) is 20.0 Å². The van der Waals surface area contributed by atoms with Crippen LogP contribution in [0.1, 0.15) is 16.5 Å². The lowest BCUT2D eigenvalue weighted by molar-refractivity contribution is -0.128. The quantitative estimate of drug-likeness (QED) is 0.902. The van der Waals surface area contributed by atoms with Crippen LogP contribution in [0.3, 0.4) is 0 Å². The van der Waals surface area contributed by atoms with Gasteiger partial charge in [0.25, 0.3) is 0 Å². The van der Waals surface area contributed by atoms with Gasteiger partial charge in [-0.05, 0) is 29.8 Å². The average Bonchev–Trinajstić information content (AvgIpc) is 2.96. The lowest BCUT2D eigenvalue weighted by Gasteiger charge is -2.27. The third kappa shape index (κ3) is 3.14. The van der Waals surface area contributed by atoms with Gasteiger partial charge >= 0.3 is 0 Å². The van der Waals surface area contributed by atoms with E-state index in [9.17, 15) is 9.90 Å². The van der Waals surface area contributed by atoms with Crippen molar-refractivity contribution in [3.8, 4) is 17.2 Å². The van der Waals surface area contributed by atoms with Gasteiger partial charge in [0.05, 0.1) is 25.5 Å². The van der Waals surface area contributed by atoms with E-state index in [1.165, 1.54) is 0 Å². The maximum Gasteiger partial charge on any atom is 0.234 e. The minimum absolute atomic E-state index is 0.0750. The van der Waals surface area contributed by atoms with E-state index >= 15 is 0 Å². The number of phenols is 1. The fourth-order valence-corrected chi connectivity index (χ4v) is 4.02. The zero-order valence-electron chi connectivity index (χ0n) is 13.6. The highest BCUT2D eigenvalue weighted by Crippen LogP contribution is 2.47. The van der Waals surface area contributed by atoms with Crippen LogP contribution < -0.4 is 9.47 Å². The molecular formula is C18H19NO4S. The number of carbonyl (C=O) groups excluding carboxylic acids is 1. The summed E-state index contributed by atoms with van der Waals surface area (Å²) in [6.07, 6.45) is 0. The molecule has 24 heavy (non-hydrogen) atoms. The van der Waals surface area contributed by atoms with Crippen LogP contribution in [0.4, 0.5) is 0 Å². The Hall–Kier alpha value is -2.34. The van der Waals surface area contributed by atoms with E-state index in [4.69, 9.17) is 9.47 Å². The normalized spacial score (nSPS) is 17.2. The van der Waals surface area contributed by atoms with Crippen molar-refractivity contribution < 1.29 is 19.4 Å². The maximum atomic E-state index is 12.4. The molecule has 1 aliphatic rings. The summed E-state index contributed by atoms with van der Waals surface area (Å²) in [5, 5.41) is 9.25. The fraction of sp³-hybridized carbons (Fsp3) is 0.278. The van der Waals surface area contributed by atoms with Crippen molar-refractivity contribution in [2.24, 2.45) is 0 Å². The summed E-state index contributed by atoms with van der Waals surface area (Å²) in [6, 6.07) is 12.5. The van der Waals surface area contributed by atoms with E-state index in [1.807, 2.05) is 35.2 Å². The van der Waals surface area contributed by atoms with Crippen molar-refractivity contribution in [2.45, 2.75) is 11.9 Å². The second-order valence-corrected chi connectivity index (χ2v) is 6.50. The van der Waals surface area contributed by atoms with Gasteiger partial charge in [0, 0.05) is 6.54 Å². The first-order valence-corrected chi connectivity index (χ1v) is 8.58. The monoisotopic (exact) mass is 345 g/mol. The van der Waals surface area contributed by atoms with Crippen LogP contribution in [0.25, 0.3) is 0 Å². The molecule has 126 valence electrons. The number of hydrogen-bond donors (Lipinski definition) is 1. The number of benzene rings is 2. The van der Waals surface area contributed by atoms with Gasteiger partial charge in [-0.2, -0.15) is 0 Å². The van der Waals surface area contributed by atoms with Gasteiger partial charge in [-0.1, -0.05) is 18.2 Å². The third-order valence-electron chi connectivity index (χ3n) is 3.97. The van der Waals surface area contributed by atoms with Crippen LogP contribution in [0.5, 0.6) is 17.2 Å². The van der Waals surface area contributed by atoms with E-state index in [0.29, 0.717) is 23.8 Å². The van der Waals surface area contributed by atoms with Gasteiger partial charge in [0.15, 0.2) is 0 Å². The summed E-state index contributed by atoms with van der Waals surface area (Å²) >= 11 is 1.56. The van der Waals surface area contributed by atoms with Crippen molar-refractivity contribution in [3.63, 3.8) is 0 Å². The zero-order chi connectivity index (χ0) is 17.1. The molecular weight excluding hydrogens is 326 g/mol. The van der Waals surface area contributed by atoms with Gasteiger partial charge in [0.1, 0.15) is 22.6 Å². The first-order chi connectivity index (χ1) is 11.6. The van der Waals surface area contributed by atoms with Gasteiger partial charge < -0.3 is 19.5 Å². The van der Waals surface area contributed by atoms with Crippen LogP contribution >= 0.6 is 11.8 Å². The van der Waals surface area contributed by atoms with Gasteiger partial charge in [-0.3, -0.25) is 4.79 Å². The minimum Gasteiger partial charge on any atom is -0.508 e. The molecule has 1 N–H and O–H groups in total. The highest BCUT2D eigenvalue weighted by Gasteiger charge is 2.36. The summed E-state index contributed by atoms with van der Waals surface area (Å²) in [5.74, 6) is 2.12. The molecule has 1 amide bonds. The molecule has 2 aromatic rings. The second-order valence-electron chi connectivity index (χ2n) is 5.43.